The second-order valence-corrected chi connectivity index (χ2v) is 5.52. The molecule has 0 atom stereocenters. The average Bonchev–Trinajstić information content (AvgIpc) is 3.03. The standard InChI is InChI=1S/C17H16N2OS/c1-20-15-9-7-14(8-10-15)18-11-17-19-16(12-21-17)13-5-3-2-4-6-13/h2-10,12,18H,11H2,1H3. The molecule has 0 bridgehead atoms. The summed E-state index contributed by atoms with van der Waals surface area (Å²) in [5.74, 6) is 0.862. The molecular formula is C17H16N2OS. The Balaban J connectivity index is 1.64. The monoisotopic (exact) mass is 296 g/mol. The number of hydrogen-bond donors (Lipinski definition) is 1. The first-order valence-electron chi connectivity index (χ1n) is 6.73. The van der Waals surface area contributed by atoms with Crippen LogP contribution in [0.25, 0.3) is 11.3 Å². The van der Waals surface area contributed by atoms with Crippen molar-refractivity contribution in [3.8, 4) is 17.0 Å². The van der Waals surface area contributed by atoms with Crippen LogP contribution in [-0.2, 0) is 6.54 Å². The zero-order valence-corrected chi connectivity index (χ0v) is 12.6. The van der Waals surface area contributed by atoms with Gasteiger partial charge >= 0.3 is 0 Å². The molecule has 0 saturated heterocycles. The molecule has 0 fully saturated rings. The molecule has 3 rings (SSSR count). The summed E-state index contributed by atoms with van der Waals surface area (Å²) in [6, 6.07) is 18.1. The molecule has 1 aromatic heterocycles. The lowest BCUT2D eigenvalue weighted by molar-refractivity contribution is 0.415. The number of nitrogens with zero attached hydrogens (tertiary/aromatic N) is 1. The molecule has 106 valence electrons. The average molecular weight is 296 g/mol. The van der Waals surface area contributed by atoms with Gasteiger partial charge in [-0.3, -0.25) is 0 Å². The van der Waals surface area contributed by atoms with Crippen LogP contribution >= 0.6 is 11.3 Å². The Kier molecular flexibility index (Phi) is 4.17. The van der Waals surface area contributed by atoms with E-state index in [2.05, 4.69) is 27.8 Å². The maximum Gasteiger partial charge on any atom is 0.119 e. The van der Waals surface area contributed by atoms with Crippen molar-refractivity contribution < 1.29 is 4.74 Å². The third-order valence-electron chi connectivity index (χ3n) is 3.16. The number of methoxy groups -OCH3 is 1. The highest BCUT2D eigenvalue weighted by molar-refractivity contribution is 7.09. The van der Waals surface area contributed by atoms with Crippen LogP contribution < -0.4 is 10.1 Å². The zero-order chi connectivity index (χ0) is 14.5. The Morgan fingerprint density at radius 3 is 2.52 bits per heavy atom. The number of thiazole rings is 1. The van der Waals surface area contributed by atoms with E-state index in [0.29, 0.717) is 0 Å². The van der Waals surface area contributed by atoms with Gasteiger partial charge in [-0.2, -0.15) is 0 Å². The van der Waals surface area contributed by atoms with Crippen molar-refractivity contribution in [3.05, 3.63) is 65.0 Å². The van der Waals surface area contributed by atoms with Crippen LogP contribution in [0.2, 0.25) is 0 Å². The van der Waals surface area contributed by atoms with Gasteiger partial charge in [-0.05, 0) is 24.3 Å². The summed E-state index contributed by atoms with van der Waals surface area (Å²) in [4.78, 5) is 4.66. The van der Waals surface area contributed by atoms with E-state index < -0.39 is 0 Å². The molecule has 0 aliphatic carbocycles. The molecule has 4 heteroatoms. The quantitative estimate of drug-likeness (QED) is 0.756. The fourth-order valence-corrected chi connectivity index (χ4v) is 2.76. The highest BCUT2D eigenvalue weighted by Gasteiger charge is 2.04. The lowest BCUT2D eigenvalue weighted by atomic mass is 10.2. The molecule has 0 radical (unpaired) electrons. The Labute approximate surface area is 128 Å². The minimum atomic E-state index is 0.726. The Hall–Kier alpha value is -2.33. The highest BCUT2D eigenvalue weighted by Crippen LogP contribution is 2.22. The van der Waals surface area contributed by atoms with Crippen LogP contribution in [0.5, 0.6) is 5.75 Å². The number of benzene rings is 2. The van der Waals surface area contributed by atoms with Crippen molar-refractivity contribution in [2.24, 2.45) is 0 Å². The second kappa shape index (κ2) is 6.41. The Bertz CT molecular complexity index is 692. The fourth-order valence-electron chi connectivity index (χ4n) is 2.02. The summed E-state index contributed by atoms with van der Waals surface area (Å²) in [6.07, 6.45) is 0. The molecule has 1 N–H and O–H groups in total. The van der Waals surface area contributed by atoms with Gasteiger partial charge in [-0.15, -0.1) is 11.3 Å². The van der Waals surface area contributed by atoms with Crippen LogP contribution in [0.3, 0.4) is 0 Å². The summed E-state index contributed by atoms with van der Waals surface area (Å²) >= 11 is 1.67. The topological polar surface area (TPSA) is 34.1 Å². The predicted octanol–water partition coefficient (Wildman–Crippen LogP) is 4.43. The van der Waals surface area contributed by atoms with Gasteiger partial charge in [0.25, 0.3) is 0 Å². The highest BCUT2D eigenvalue weighted by atomic mass is 32.1. The molecule has 0 aliphatic heterocycles. The lowest BCUT2D eigenvalue weighted by Gasteiger charge is -2.05. The molecule has 3 aromatic rings. The van der Waals surface area contributed by atoms with Crippen molar-refractivity contribution >= 4 is 17.0 Å². The Morgan fingerprint density at radius 1 is 1.05 bits per heavy atom. The van der Waals surface area contributed by atoms with Gasteiger partial charge in [-0.1, -0.05) is 30.3 Å². The summed E-state index contributed by atoms with van der Waals surface area (Å²) < 4.78 is 5.15. The molecule has 2 aromatic carbocycles. The van der Waals surface area contributed by atoms with E-state index in [1.807, 2.05) is 42.5 Å². The van der Waals surface area contributed by atoms with Crippen LogP contribution in [0.1, 0.15) is 5.01 Å². The van der Waals surface area contributed by atoms with E-state index in [9.17, 15) is 0 Å². The van der Waals surface area contributed by atoms with Crippen LogP contribution in [0.4, 0.5) is 5.69 Å². The maximum absolute atomic E-state index is 5.15. The SMILES string of the molecule is COc1ccc(NCc2nc(-c3ccccc3)cs2)cc1. The Morgan fingerprint density at radius 2 is 1.81 bits per heavy atom. The third kappa shape index (κ3) is 3.41. The van der Waals surface area contributed by atoms with Gasteiger partial charge in [0.2, 0.25) is 0 Å². The van der Waals surface area contributed by atoms with Crippen molar-refractivity contribution in [1.82, 2.24) is 4.98 Å². The summed E-state index contributed by atoms with van der Waals surface area (Å²) in [6.45, 7) is 0.726. The van der Waals surface area contributed by atoms with Crippen LogP contribution in [0.15, 0.2) is 60.0 Å². The number of nitrogens with one attached hydrogen (secondary N) is 1. The normalized spacial score (nSPS) is 10.3. The first-order chi connectivity index (χ1) is 10.3. The summed E-state index contributed by atoms with van der Waals surface area (Å²) in [5.41, 5.74) is 3.25. The maximum atomic E-state index is 5.15. The number of ether oxygens (including phenoxy) is 1. The van der Waals surface area contributed by atoms with Gasteiger partial charge in [-0.25, -0.2) is 4.98 Å². The first-order valence-corrected chi connectivity index (χ1v) is 7.61. The molecule has 0 unspecified atom stereocenters. The van der Waals surface area contributed by atoms with E-state index in [4.69, 9.17) is 4.74 Å². The van der Waals surface area contributed by atoms with Gasteiger partial charge in [0.1, 0.15) is 10.8 Å². The van der Waals surface area contributed by atoms with Gasteiger partial charge < -0.3 is 10.1 Å². The molecule has 0 aliphatic rings. The number of aromatic nitrogens is 1. The lowest BCUT2D eigenvalue weighted by Crippen LogP contribution is -1.98. The minimum Gasteiger partial charge on any atom is -0.497 e. The molecule has 0 spiro atoms. The third-order valence-corrected chi connectivity index (χ3v) is 4.00. The van der Waals surface area contributed by atoms with E-state index in [1.165, 1.54) is 0 Å². The van der Waals surface area contributed by atoms with E-state index in [-0.39, 0.29) is 0 Å². The van der Waals surface area contributed by atoms with Crippen LogP contribution in [0, 0.1) is 0 Å². The summed E-state index contributed by atoms with van der Waals surface area (Å²) in [7, 11) is 1.67. The number of hydrogen-bond acceptors (Lipinski definition) is 4. The molecule has 3 nitrogen and oxygen atoms in total. The molecule has 21 heavy (non-hydrogen) atoms. The van der Waals surface area contributed by atoms with E-state index >= 15 is 0 Å². The van der Waals surface area contributed by atoms with E-state index in [0.717, 1.165) is 34.2 Å². The summed E-state index contributed by atoms with van der Waals surface area (Å²) in [5, 5.41) is 6.54. The van der Waals surface area contributed by atoms with Crippen LogP contribution in [-0.4, -0.2) is 12.1 Å². The van der Waals surface area contributed by atoms with Crippen molar-refractivity contribution in [2.75, 3.05) is 12.4 Å². The van der Waals surface area contributed by atoms with Gasteiger partial charge in [0.05, 0.1) is 19.3 Å². The molecule has 1 heterocycles. The van der Waals surface area contributed by atoms with Crippen molar-refractivity contribution in [3.63, 3.8) is 0 Å². The first kappa shape index (κ1) is 13.6. The van der Waals surface area contributed by atoms with E-state index in [1.54, 1.807) is 18.4 Å². The van der Waals surface area contributed by atoms with Gasteiger partial charge in [0, 0.05) is 16.6 Å². The fraction of sp³-hybridized carbons (Fsp3) is 0.118. The molecule has 0 saturated carbocycles. The van der Waals surface area contributed by atoms with Crippen molar-refractivity contribution in [1.29, 1.82) is 0 Å². The minimum absolute atomic E-state index is 0.726. The van der Waals surface area contributed by atoms with Crippen molar-refractivity contribution in [2.45, 2.75) is 6.54 Å². The predicted molar refractivity (Wildman–Crippen MR) is 87.9 cm³/mol. The second-order valence-electron chi connectivity index (χ2n) is 4.57. The van der Waals surface area contributed by atoms with Gasteiger partial charge in [0.15, 0.2) is 0 Å². The zero-order valence-electron chi connectivity index (χ0n) is 11.7. The number of anilines is 1. The molecule has 0 amide bonds. The molecular weight excluding hydrogens is 280 g/mol. The largest absolute Gasteiger partial charge is 0.497 e. The number of rotatable bonds is 5. The smallest absolute Gasteiger partial charge is 0.119 e.